The molecule has 0 atom stereocenters. The van der Waals surface area contributed by atoms with Gasteiger partial charge in [-0.2, -0.15) is 0 Å². The van der Waals surface area contributed by atoms with Crippen LogP contribution in [0.1, 0.15) is 17.9 Å². The maximum atomic E-state index is 5.43. The van der Waals surface area contributed by atoms with Crippen molar-refractivity contribution in [1.29, 1.82) is 0 Å². The van der Waals surface area contributed by atoms with Crippen molar-refractivity contribution in [3.8, 4) is 0 Å². The lowest BCUT2D eigenvalue weighted by Crippen LogP contribution is -2.40. The summed E-state index contributed by atoms with van der Waals surface area (Å²) in [5.74, 6) is 1.93. The zero-order valence-corrected chi connectivity index (χ0v) is 19.9. The average molecular weight is 515 g/mol. The van der Waals surface area contributed by atoms with E-state index in [9.17, 15) is 0 Å². The molecule has 29 heavy (non-hydrogen) atoms. The van der Waals surface area contributed by atoms with Gasteiger partial charge >= 0.3 is 0 Å². The Labute approximate surface area is 191 Å². The normalized spacial score (nSPS) is 15.2. The van der Waals surface area contributed by atoms with Crippen LogP contribution in [-0.4, -0.2) is 73.3 Å². The lowest BCUT2D eigenvalue weighted by Gasteiger charge is -2.26. The number of morpholine rings is 1. The summed E-state index contributed by atoms with van der Waals surface area (Å²) in [6, 6.07) is 8.16. The van der Waals surface area contributed by atoms with Crippen LogP contribution in [0, 0.1) is 0 Å². The first-order valence-electron chi connectivity index (χ1n) is 10.1. The summed E-state index contributed by atoms with van der Waals surface area (Å²) in [4.78, 5) is 9.51. The number of aryl methyl sites for hydroxylation is 1. The highest BCUT2D eigenvalue weighted by Crippen LogP contribution is 2.05. The van der Waals surface area contributed by atoms with E-state index < -0.39 is 0 Å². The van der Waals surface area contributed by atoms with E-state index in [0.717, 1.165) is 77.0 Å². The molecule has 162 valence electrons. The summed E-state index contributed by atoms with van der Waals surface area (Å²) in [5.41, 5.74) is 1.26. The third-order valence-electron chi connectivity index (χ3n) is 5.04. The molecule has 0 spiro atoms. The Morgan fingerprint density at radius 3 is 2.76 bits per heavy atom. The number of nitrogens with one attached hydrogen (secondary N) is 1. The number of hydrogen-bond acceptors (Lipinski definition) is 4. The van der Waals surface area contributed by atoms with Crippen LogP contribution in [0.3, 0.4) is 0 Å². The maximum Gasteiger partial charge on any atom is 0.194 e. The first-order valence-corrected chi connectivity index (χ1v) is 10.1. The fraction of sp³-hybridized carbons (Fsp3) is 0.571. The van der Waals surface area contributed by atoms with Crippen LogP contribution in [0.5, 0.6) is 0 Å². The van der Waals surface area contributed by atoms with Crippen molar-refractivity contribution in [2.45, 2.75) is 19.4 Å². The standard InChI is InChI=1S/C21H33N5O2.HI/c1-24-11-3-6-19(24)18-25(2)21(23-10-8-20-7-4-15-28-20)22-9-5-12-26-13-16-27-17-14-26;/h3-4,6-7,11,15H,5,8-10,12-14,16-18H2,1-2H3,(H,22,23);1H. The molecule has 1 aliphatic heterocycles. The van der Waals surface area contributed by atoms with Gasteiger partial charge in [0.25, 0.3) is 0 Å². The van der Waals surface area contributed by atoms with Gasteiger partial charge in [0.05, 0.1) is 26.0 Å². The van der Waals surface area contributed by atoms with Crippen molar-refractivity contribution in [3.63, 3.8) is 0 Å². The fourth-order valence-electron chi connectivity index (χ4n) is 3.35. The lowest BCUT2D eigenvalue weighted by atomic mass is 10.3. The molecular formula is C21H34IN5O2. The van der Waals surface area contributed by atoms with Crippen LogP contribution in [0.25, 0.3) is 0 Å². The number of aromatic nitrogens is 1. The van der Waals surface area contributed by atoms with E-state index in [1.807, 2.05) is 12.1 Å². The molecule has 0 aliphatic carbocycles. The molecule has 2 aromatic rings. The van der Waals surface area contributed by atoms with Crippen LogP contribution in [0.4, 0.5) is 0 Å². The van der Waals surface area contributed by atoms with Gasteiger partial charge < -0.3 is 23.9 Å². The molecule has 0 aromatic carbocycles. The first-order chi connectivity index (χ1) is 13.7. The summed E-state index contributed by atoms with van der Waals surface area (Å²) in [7, 11) is 4.17. The minimum atomic E-state index is 0. The molecule has 8 heteroatoms. The molecule has 0 unspecified atom stereocenters. The summed E-state index contributed by atoms with van der Waals surface area (Å²) in [5, 5.41) is 3.50. The molecule has 0 radical (unpaired) electrons. The second-order valence-corrected chi connectivity index (χ2v) is 7.24. The monoisotopic (exact) mass is 515 g/mol. The van der Waals surface area contributed by atoms with Crippen LogP contribution >= 0.6 is 24.0 Å². The van der Waals surface area contributed by atoms with Crippen molar-refractivity contribution in [1.82, 2.24) is 19.7 Å². The van der Waals surface area contributed by atoms with Gasteiger partial charge in [0.2, 0.25) is 0 Å². The Kier molecular flexibility index (Phi) is 10.6. The van der Waals surface area contributed by atoms with Gasteiger partial charge in [-0.05, 0) is 30.7 Å². The largest absolute Gasteiger partial charge is 0.469 e. The zero-order valence-electron chi connectivity index (χ0n) is 17.5. The molecule has 0 amide bonds. The average Bonchev–Trinajstić information content (AvgIpc) is 3.36. The molecular weight excluding hydrogens is 481 g/mol. The molecule has 3 heterocycles. The quantitative estimate of drug-likeness (QED) is 0.241. The van der Waals surface area contributed by atoms with E-state index in [0.29, 0.717) is 0 Å². The minimum absolute atomic E-state index is 0. The van der Waals surface area contributed by atoms with Crippen LogP contribution in [-0.2, 0) is 24.8 Å². The van der Waals surface area contributed by atoms with E-state index >= 15 is 0 Å². The van der Waals surface area contributed by atoms with E-state index in [4.69, 9.17) is 14.1 Å². The minimum Gasteiger partial charge on any atom is -0.469 e. The molecule has 1 aliphatic rings. The summed E-state index contributed by atoms with van der Waals surface area (Å²) in [6.45, 7) is 7.28. The predicted octanol–water partition coefficient (Wildman–Crippen LogP) is 2.58. The molecule has 3 rings (SSSR count). The highest BCUT2D eigenvalue weighted by Gasteiger charge is 2.11. The molecule has 0 saturated carbocycles. The predicted molar refractivity (Wildman–Crippen MR) is 127 cm³/mol. The van der Waals surface area contributed by atoms with Gasteiger partial charge in [0.15, 0.2) is 5.96 Å². The van der Waals surface area contributed by atoms with Crippen LogP contribution in [0.2, 0.25) is 0 Å². The third kappa shape index (κ3) is 8.02. The van der Waals surface area contributed by atoms with Gasteiger partial charge in [-0.1, -0.05) is 0 Å². The number of ether oxygens (including phenoxy) is 1. The molecule has 1 saturated heterocycles. The van der Waals surface area contributed by atoms with Crippen molar-refractivity contribution >= 4 is 29.9 Å². The topological polar surface area (TPSA) is 58.2 Å². The molecule has 1 fully saturated rings. The van der Waals surface area contributed by atoms with Gasteiger partial charge in [-0.15, -0.1) is 24.0 Å². The number of hydrogen-bond donors (Lipinski definition) is 1. The summed E-state index contributed by atoms with van der Waals surface area (Å²) in [6.07, 6.45) is 5.70. The number of nitrogens with zero attached hydrogens (tertiary/aromatic N) is 4. The Bertz CT molecular complexity index is 710. The highest BCUT2D eigenvalue weighted by atomic mass is 127. The molecule has 0 bridgehead atoms. The summed E-state index contributed by atoms with van der Waals surface area (Å²) >= 11 is 0. The van der Waals surface area contributed by atoms with Crippen molar-refractivity contribution in [3.05, 3.63) is 48.2 Å². The summed E-state index contributed by atoms with van der Waals surface area (Å²) < 4.78 is 13.0. The second kappa shape index (κ2) is 12.9. The van der Waals surface area contributed by atoms with Gasteiger partial charge in [-0.3, -0.25) is 9.89 Å². The maximum absolute atomic E-state index is 5.43. The van der Waals surface area contributed by atoms with Crippen molar-refractivity contribution in [2.24, 2.45) is 12.0 Å². The second-order valence-electron chi connectivity index (χ2n) is 7.24. The lowest BCUT2D eigenvalue weighted by molar-refractivity contribution is 0.0377. The van der Waals surface area contributed by atoms with Gasteiger partial charge in [0.1, 0.15) is 5.76 Å². The Morgan fingerprint density at radius 2 is 2.07 bits per heavy atom. The molecule has 7 nitrogen and oxygen atoms in total. The van der Waals surface area contributed by atoms with Gasteiger partial charge in [-0.25, -0.2) is 0 Å². The zero-order chi connectivity index (χ0) is 19.6. The number of guanidine groups is 1. The number of halogens is 1. The van der Waals surface area contributed by atoms with E-state index in [2.05, 4.69) is 52.1 Å². The van der Waals surface area contributed by atoms with E-state index in [1.165, 1.54) is 5.69 Å². The van der Waals surface area contributed by atoms with Crippen molar-refractivity contribution in [2.75, 3.05) is 53.0 Å². The Hall–Kier alpha value is -1.52. The fourth-order valence-corrected chi connectivity index (χ4v) is 3.35. The van der Waals surface area contributed by atoms with Gasteiger partial charge in [0, 0.05) is 65.1 Å². The van der Waals surface area contributed by atoms with Crippen LogP contribution in [0.15, 0.2) is 46.1 Å². The molecule has 1 N–H and O–H groups in total. The molecule has 2 aromatic heterocycles. The smallest absolute Gasteiger partial charge is 0.194 e. The van der Waals surface area contributed by atoms with E-state index in [-0.39, 0.29) is 24.0 Å². The van der Waals surface area contributed by atoms with Crippen LogP contribution < -0.4 is 5.32 Å². The number of furan rings is 1. The Balaban J connectivity index is 0.00000300. The highest BCUT2D eigenvalue weighted by molar-refractivity contribution is 14.0. The number of aliphatic imine (C=N–C) groups is 1. The van der Waals surface area contributed by atoms with Crippen molar-refractivity contribution < 1.29 is 9.15 Å². The number of rotatable bonds is 9. The third-order valence-corrected chi connectivity index (χ3v) is 5.04. The SMILES string of the molecule is CN(Cc1cccn1C)C(=NCCCN1CCOCC1)NCCc1ccco1.I. The van der Waals surface area contributed by atoms with E-state index in [1.54, 1.807) is 6.26 Å². The first kappa shape index (κ1) is 23.8. The Morgan fingerprint density at radius 1 is 1.24 bits per heavy atom.